The van der Waals surface area contributed by atoms with Gasteiger partial charge < -0.3 is 9.47 Å². The van der Waals surface area contributed by atoms with Gasteiger partial charge in [0.05, 0.1) is 26.0 Å². The third-order valence-corrected chi connectivity index (χ3v) is 5.36. The first-order chi connectivity index (χ1) is 13.2. The van der Waals surface area contributed by atoms with Crippen LogP contribution >= 0.6 is 0 Å². The van der Waals surface area contributed by atoms with Crippen molar-refractivity contribution in [1.29, 1.82) is 0 Å². The van der Waals surface area contributed by atoms with Crippen LogP contribution in [-0.4, -0.2) is 57.8 Å². The highest BCUT2D eigenvalue weighted by molar-refractivity contribution is 7.91. The normalized spacial score (nSPS) is 10.8. The number of hydrogen-bond donors (Lipinski definition) is 0. The molecule has 14 heteroatoms. The van der Waals surface area contributed by atoms with Crippen LogP contribution in [0, 0.1) is 0 Å². The summed E-state index contributed by atoms with van der Waals surface area (Å²) >= 11 is 0. The zero-order valence-electron chi connectivity index (χ0n) is 14.9. The number of rotatable bonds is 6. The number of amides is 2. The van der Waals surface area contributed by atoms with Crippen LogP contribution in [0.2, 0.25) is 0 Å². The van der Waals surface area contributed by atoms with Crippen molar-refractivity contribution in [2.45, 2.75) is 11.8 Å². The van der Waals surface area contributed by atoms with Crippen molar-refractivity contribution in [2.24, 2.45) is 4.36 Å². The number of carbonyl (C=O) groups excluding carboxylic acids is 1. The molecule has 2 aromatic rings. The molecule has 12 nitrogen and oxygen atoms in total. The van der Waals surface area contributed by atoms with E-state index in [4.69, 9.17) is 9.47 Å². The van der Waals surface area contributed by atoms with E-state index >= 15 is 0 Å². The van der Waals surface area contributed by atoms with Crippen molar-refractivity contribution >= 4 is 38.1 Å². The van der Waals surface area contributed by atoms with Crippen molar-refractivity contribution < 1.29 is 31.1 Å². The minimum Gasteiger partial charge on any atom is -0.481 e. The van der Waals surface area contributed by atoms with Gasteiger partial charge in [-0.2, -0.15) is 18.4 Å². The second-order valence-corrected chi connectivity index (χ2v) is 7.77. The number of carbonyl (C=O) groups is 1. The summed E-state index contributed by atoms with van der Waals surface area (Å²) in [5.41, 5.74) is 0. The number of pyridine rings is 1. The van der Waals surface area contributed by atoms with Crippen LogP contribution in [0.1, 0.15) is 6.92 Å². The maximum Gasteiger partial charge on any atom is 0.371 e. The number of sulfone groups is 1. The summed E-state index contributed by atoms with van der Waals surface area (Å²) in [7, 11) is -4.38. The topological polar surface area (TPSA) is 158 Å². The molecule has 0 spiro atoms. The van der Waals surface area contributed by atoms with E-state index in [2.05, 4.69) is 19.3 Å². The summed E-state index contributed by atoms with van der Waals surface area (Å²) in [4.78, 5) is 24.5. The monoisotopic (exact) mass is 429 g/mol. The molecule has 0 radical (unpaired) electrons. The van der Waals surface area contributed by atoms with Gasteiger partial charge in [-0.1, -0.05) is 11.3 Å². The quantitative estimate of drug-likeness (QED) is 0.648. The van der Waals surface area contributed by atoms with Crippen LogP contribution in [0.15, 0.2) is 33.7 Å². The van der Waals surface area contributed by atoms with Crippen molar-refractivity contribution in [3.63, 3.8) is 0 Å². The highest BCUT2D eigenvalue weighted by atomic mass is 32.2. The molecule has 0 N–H and O–H groups in total. The van der Waals surface area contributed by atoms with Crippen molar-refractivity contribution in [1.82, 2.24) is 15.0 Å². The summed E-state index contributed by atoms with van der Waals surface area (Å²) in [6.45, 7) is 1.40. The molecule has 0 unspecified atom stereocenters. The van der Waals surface area contributed by atoms with Gasteiger partial charge in [-0.15, -0.1) is 0 Å². The summed E-state index contributed by atoms with van der Waals surface area (Å²) in [5, 5.41) is 0. The zero-order chi connectivity index (χ0) is 20.9. The third kappa shape index (κ3) is 4.58. The van der Waals surface area contributed by atoms with E-state index in [1.807, 2.05) is 0 Å². The fourth-order valence-electron chi connectivity index (χ4n) is 2.03. The highest BCUT2D eigenvalue weighted by Crippen LogP contribution is 2.31. The van der Waals surface area contributed by atoms with Gasteiger partial charge in [0.2, 0.25) is 17.7 Å². The molecule has 0 aliphatic heterocycles. The first kappa shape index (κ1) is 21.2. The van der Waals surface area contributed by atoms with E-state index in [9.17, 15) is 21.6 Å². The molecule has 0 aromatic carbocycles. The minimum atomic E-state index is -3.85. The molecular weight excluding hydrogens is 414 g/mol. The first-order valence-corrected chi connectivity index (χ1v) is 10.2. The van der Waals surface area contributed by atoms with E-state index < -0.39 is 38.1 Å². The SMILES string of the molecule is CCS(=O)(=O)c1cccnc1N(C(=O)N=S(=O)=O)c1nc(OC)cc(OC)n1. The van der Waals surface area contributed by atoms with Crippen LogP contribution in [0.3, 0.4) is 0 Å². The van der Waals surface area contributed by atoms with E-state index in [-0.39, 0.29) is 22.4 Å². The molecule has 0 atom stereocenters. The molecule has 2 heterocycles. The molecule has 0 aliphatic rings. The summed E-state index contributed by atoms with van der Waals surface area (Å²) in [5.74, 6) is -1.21. The predicted octanol–water partition coefficient (Wildman–Crippen LogP) is 1.00. The van der Waals surface area contributed by atoms with Crippen LogP contribution in [0.25, 0.3) is 0 Å². The molecule has 2 aromatic heterocycles. The fourth-order valence-corrected chi connectivity index (χ4v) is 3.25. The smallest absolute Gasteiger partial charge is 0.371 e. The van der Waals surface area contributed by atoms with Gasteiger partial charge in [0, 0.05) is 6.20 Å². The lowest BCUT2D eigenvalue weighted by Crippen LogP contribution is -2.28. The van der Waals surface area contributed by atoms with Crippen LogP contribution < -0.4 is 14.4 Å². The summed E-state index contributed by atoms with van der Waals surface area (Å²) in [6.07, 6.45) is 1.22. The highest BCUT2D eigenvalue weighted by Gasteiger charge is 2.30. The Morgan fingerprint density at radius 1 is 1.21 bits per heavy atom. The number of nitrogens with zero attached hydrogens (tertiary/aromatic N) is 5. The van der Waals surface area contributed by atoms with E-state index in [0.717, 1.165) is 0 Å². The lowest BCUT2D eigenvalue weighted by molar-refractivity contribution is 0.256. The Morgan fingerprint density at radius 3 is 2.32 bits per heavy atom. The van der Waals surface area contributed by atoms with Gasteiger partial charge in [0.25, 0.3) is 0 Å². The van der Waals surface area contributed by atoms with E-state index in [1.165, 1.54) is 45.5 Å². The summed E-state index contributed by atoms with van der Waals surface area (Å²) in [6, 6.07) is 2.49. The Kier molecular flexibility index (Phi) is 6.58. The molecule has 0 saturated heterocycles. The van der Waals surface area contributed by atoms with Crippen molar-refractivity contribution in [2.75, 3.05) is 24.9 Å². The average Bonchev–Trinajstić information content (AvgIpc) is 2.67. The molecule has 2 rings (SSSR count). The first-order valence-electron chi connectivity index (χ1n) is 7.53. The van der Waals surface area contributed by atoms with Gasteiger partial charge >= 0.3 is 16.5 Å². The lowest BCUT2D eigenvalue weighted by atomic mass is 10.4. The van der Waals surface area contributed by atoms with Gasteiger partial charge in [0.15, 0.2) is 15.7 Å². The standard InChI is InChI=1S/C14H15N5O7S2/c1-4-28(23,24)9-6-5-7-15-12(9)19(14(20)18-27(21)22)13-16-10(25-2)8-11(17-13)26-3/h5-8H,4H2,1-3H3. The Morgan fingerprint density at radius 2 is 1.82 bits per heavy atom. The second kappa shape index (κ2) is 8.71. The number of anilines is 2. The molecule has 0 saturated carbocycles. The largest absolute Gasteiger partial charge is 0.481 e. The number of ether oxygens (including phenoxy) is 2. The number of methoxy groups -OCH3 is 2. The molecule has 150 valence electrons. The Balaban J connectivity index is 2.84. The molecular formula is C14H15N5O7S2. The molecule has 0 aliphatic carbocycles. The number of aromatic nitrogens is 3. The van der Waals surface area contributed by atoms with Gasteiger partial charge in [-0.3, -0.25) is 0 Å². The molecule has 2 amide bonds. The zero-order valence-corrected chi connectivity index (χ0v) is 16.6. The second-order valence-electron chi connectivity index (χ2n) is 4.91. The number of urea groups is 1. The van der Waals surface area contributed by atoms with E-state index in [0.29, 0.717) is 4.90 Å². The predicted molar refractivity (Wildman–Crippen MR) is 96.0 cm³/mol. The Labute approximate surface area is 161 Å². The van der Waals surface area contributed by atoms with Crippen LogP contribution in [0.5, 0.6) is 11.8 Å². The van der Waals surface area contributed by atoms with Gasteiger partial charge in [-0.25, -0.2) is 23.1 Å². The summed E-state index contributed by atoms with van der Waals surface area (Å²) < 4.78 is 59.6. The Hall–Kier alpha value is -3.13. The third-order valence-electron chi connectivity index (χ3n) is 3.31. The maximum atomic E-state index is 12.5. The molecule has 28 heavy (non-hydrogen) atoms. The van der Waals surface area contributed by atoms with Crippen LogP contribution in [0.4, 0.5) is 16.6 Å². The Bertz CT molecular complexity index is 1100. The maximum absolute atomic E-state index is 12.5. The van der Waals surface area contributed by atoms with E-state index in [1.54, 1.807) is 0 Å². The molecule has 0 fully saturated rings. The van der Waals surface area contributed by atoms with Gasteiger partial charge in [0.1, 0.15) is 4.90 Å². The fraction of sp³-hybridized carbons (Fsp3) is 0.286. The van der Waals surface area contributed by atoms with Crippen molar-refractivity contribution in [3.8, 4) is 11.8 Å². The average molecular weight is 429 g/mol. The lowest BCUT2D eigenvalue weighted by Gasteiger charge is -2.20. The van der Waals surface area contributed by atoms with Gasteiger partial charge in [-0.05, 0) is 12.1 Å². The number of hydrogen-bond acceptors (Lipinski definition) is 10. The minimum absolute atomic E-state index is 0.0290. The molecule has 0 bridgehead atoms. The van der Waals surface area contributed by atoms with Crippen molar-refractivity contribution in [3.05, 3.63) is 24.4 Å². The van der Waals surface area contributed by atoms with Crippen LogP contribution in [-0.2, 0) is 20.3 Å².